The second kappa shape index (κ2) is 7.69. The molecule has 19 heavy (non-hydrogen) atoms. The molecule has 0 aliphatic heterocycles. The molecule has 106 valence electrons. The van der Waals surface area contributed by atoms with Gasteiger partial charge in [0.1, 0.15) is 0 Å². The predicted molar refractivity (Wildman–Crippen MR) is 81.3 cm³/mol. The number of hydrogen-bond acceptors (Lipinski definition) is 1. The van der Waals surface area contributed by atoms with E-state index in [0.29, 0.717) is 5.92 Å². The Balaban J connectivity index is 1.64. The summed E-state index contributed by atoms with van der Waals surface area (Å²) < 4.78 is 0. The topological polar surface area (TPSA) is 20.2 Å². The molecule has 1 heteroatoms. The summed E-state index contributed by atoms with van der Waals surface area (Å²) in [6.07, 6.45) is 10.9. The largest absolute Gasteiger partial charge is 0.393 e. The van der Waals surface area contributed by atoms with Crippen molar-refractivity contribution in [2.45, 2.75) is 70.8 Å². The molecule has 0 amide bonds. The monoisotopic (exact) mass is 260 g/mol. The Labute approximate surface area is 118 Å². The van der Waals surface area contributed by atoms with Crippen LogP contribution in [0.15, 0.2) is 24.3 Å². The first-order valence-electron chi connectivity index (χ1n) is 8.06. The van der Waals surface area contributed by atoms with Crippen molar-refractivity contribution < 1.29 is 5.11 Å². The normalized spacial score (nSPS) is 16.5. The van der Waals surface area contributed by atoms with Crippen LogP contribution in [0.5, 0.6) is 0 Å². The van der Waals surface area contributed by atoms with Gasteiger partial charge in [0.2, 0.25) is 0 Å². The van der Waals surface area contributed by atoms with Gasteiger partial charge in [0, 0.05) is 0 Å². The molecule has 1 N–H and O–H groups in total. The molecule has 0 saturated heterocycles. The van der Waals surface area contributed by atoms with Crippen molar-refractivity contribution in [2.75, 3.05) is 0 Å². The third-order valence-corrected chi connectivity index (χ3v) is 4.48. The number of fused-ring (bicyclic) bond motifs is 1. The van der Waals surface area contributed by atoms with E-state index in [1.54, 1.807) is 0 Å². The molecular weight excluding hydrogens is 232 g/mol. The summed E-state index contributed by atoms with van der Waals surface area (Å²) in [5.74, 6) is 0.466. The molecule has 0 radical (unpaired) electrons. The fourth-order valence-electron chi connectivity index (χ4n) is 3.23. The van der Waals surface area contributed by atoms with Gasteiger partial charge in [-0.15, -0.1) is 0 Å². The molecule has 1 atom stereocenters. The van der Waals surface area contributed by atoms with Gasteiger partial charge in [0.25, 0.3) is 0 Å². The van der Waals surface area contributed by atoms with E-state index >= 15 is 0 Å². The first-order chi connectivity index (χ1) is 9.31. The highest BCUT2D eigenvalue weighted by molar-refractivity contribution is 5.32. The van der Waals surface area contributed by atoms with Gasteiger partial charge in [0.15, 0.2) is 0 Å². The van der Waals surface area contributed by atoms with E-state index < -0.39 is 0 Å². The molecule has 1 aliphatic rings. The third kappa shape index (κ3) is 4.35. The van der Waals surface area contributed by atoms with Crippen molar-refractivity contribution >= 4 is 0 Å². The van der Waals surface area contributed by atoms with Gasteiger partial charge in [-0.2, -0.15) is 0 Å². The number of aliphatic hydroxyl groups is 1. The van der Waals surface area contributed by atoms with E-state index in [4.69, 9.17) is 0 Å². The lowest BCUT2D eigenvalue weighted by atomic mass is 9.94. The van der Waals surface area contributed by atoms with E-state index in [1.165, 1.54) is 49.7 Å². The Morgan fingerprint density at radius 1 is 1.00 bits per heavy atom. The predicted octanol–water partition coefficient (Wildman–Crippen LogP) is 4.51. The summed E-state index contributed by atoms with van der Waals surface area (Å²) in [5.41, 5.74) is 2.91. The molecule has 0 heterocycles. The molecule has 1 unspecified atom stereocenters. The Kier molecular flexibility index (Phi) is 5.91. The average Bonchev–Trinajstić information content (AvgIpc) is 2.86. The molecule has 1 aromatic carbocycles. The Morgan fingerprint density at radius 3 is 2.21 bits per heavy atom. The van der Waals surface area contributed by atoms with Crippen molar-refractivity contribution in [1.29, 1.82) is 0 Å². The van der Waals surface area contributed by atoms with Crippen LogP contribution in [0.2, 0.25) is 0 Å². The highest BCUT2D eigenvalue weighted by Gasteiger charge is 2.26. The average molecular weight is 260 g/mol. The Hall–Kier alpha value is -0.820. The number of rotatable bonds is 8. The zero-order chi connectivity index (χ0) is 13.5. The molecule has 0 spiro atoms. The SMILES string of the molecule is CCCCCCCCC(O)C1Cc2ccccc2C1. The summed E-state index contributed by atoms with van der Waals surface area (Å²) in [5, 5.41) is 10.3. The molecule has 0 saturated carbocycles. The molecule has 1 aromatic rings. The Morgan fingerprint density at radius 2 is 1.58 bits per heavy atom. The van der Waals surface area contributed by atoms with Crippen LogP contribution in [-0.4, -0.2) is 11.2 Å². The zero-order valence-electron chi connectivity index (χ0n) is 12.3. The van der Waals surface area contributed by atoms with Crippen LogP contribution in [-0.2, 0) is 12.8 Å². The van der Waals surface area contributed by atoms with Crippen LogP contribution >= 0.6 is 0 Å². The summed E-state index contributed by atoms with van der Waals surface area (Å²) >= 11 is 0. The van der Waals surface area contributed by atoms with Gasteiger partial charge in [-0.05, 0) is 36.3 Å². The molecular formula is C18H28O. The second-order valence-corrected chi connectivity index (χ2v) is 6.06. The lowest BCUT2D eigenvalue weighted by Crippen LogP contribution is -2.20. The molecule has 1 nitrogen and oxygen atoms in total. The standard InChI is InChI=1S/C18H28O/c1-2-3-4-5-6-7-12-18(19)17-13-15-10-8-9-11-16(15)14-17/h8-11,17-19H,2-7,12-14H2,1H3. The van der Waals surface area contributed by atoms with Gasteiger partial charge in [-0.25, -0.2) is 0 Å². The zero-order valence-corrected chi connectivity index (χ0v) is 12.3. The van der Waals surface area contributed by atoms with Crippen LogP contribution in [0.4, 0.5) is 0 Å². The van der Waals surface area contributed by atoms with Crippen molar-refractivity contribution in [2.24, 2.45) is 5.92 Å². The third-order valence-electron chi connectivity index (χ3n) is 4.48. The van der Waals surface area contributed by atoms with Crippen LogP contribution in [0.1, 0.15) is 63.0 Å². The lowest BCUT2D eigenvalue weighted by Gasteiger charge is -2.17. The van der Waals surface area contributed by atoms with Gasteiger partial charge < -0.3 is 5.11 Å². The Bertz CT molecular complexity index is 347. The first-order valence-corrected chi connectivity index (χ1v) is 8.06. The minimum atomic E-state index is -0.0985. The summed E-state index contributed by atoms with van der Waals surface area (Å²) in [4.78, 5) is 0. The van der Waals surface area contributed by atoms with Crippen LogP contribution in [0, 0.1) is 5.92 Å². The maximum Gasteiger partial charge on any atom is 0.0574 e. The molecule has 1 aliphatic carbocycles. The van der Waals surface area contributed by atoms with Gasteiger partial charge in [0.05, 0.1) is 6.10 Å². The van der Waals surface area contributed by atoms with Gasteiger partial charge in [-0.1, -0.05) is 69.7 Å². The van der Waals surface area contributed by atoms with Crippen LogP contribution < -0.4 is 0 Å². The minimum absolute atomic E-state index is 0.0985. The summed E-state index contributed by atoms with van der Waals surface area (Å²) in [7, 11) is 0. The van der Waals surface area contributed by atoms with Gasteiger partial charge in [-0.3, -0.25) is 0 Å². The van der Waals surface area contributed by atoms with Gasteiger partial charge >= 0.3 is 0 Å². The van der Waals surface area contributed by atoms with E-state index in [0.717, 1.165) is 19.3 Å². The van der Waals surface area contributed by atoms with Crippen molar-refractivity contribution in [1.82, 2.24) is 0 Å². The number of aliphatic hydroxyl groups excluding tert-OH is 1. The second-order valence-electron chi connectivity index (χ2n) is 6.06. The quantitative estimate of drug-likeness (QED) is 0.682. The number of benzene rings is 1. The molecule has 0 fully saturated rings. The minimum Gasteiger partial charge on any atom is -0.393 e. The van der Waals surface area contributed by atoms with E-state index in [9.17, 15) is 5.11 Å². The van der Waals surface area contributed by atoms with E-state index in [2.05, 4.69) is 31.2 Å². The van der Waals surface area contributed by atoms with Crippen molar-refractivity contribution in [3.8, 4) is 0 Å². The fourth-order valence-corrected chi connectivity index (χ4v) is 3.23. The summed E-state index contributed by atoms with van der Waals surface area (Å²) in [6.45, 7) is 2.25. The highest BCUT2D eigenvalue weighted by atomic mass is 16.3. The van der Waals surface area contributed by atoms with Crippen LogP contribution in [0.25, 0.3) is 0 Å². The highest BCUT2D eigenvalue weighted by Crippen LogP contribution is 2.30. The summed E-state index contributed by atoms with van der Waals surface area (Å²) in [6, 6.07) is 8.66. The van der Waals surface area contributed by atoms with E-state index in [-0.39, 0.29) is 6.10 Å². The smallest absolute Gasteiger partial charge is 0.0574 e. The fraction of sp³-hybridized carbons (Fsp3) is 0.667. The number of unbranched alkanes of at least 4 members (excludes halogenated alkanes) is 5. The number of hydrogen-bond donors (Lipinski definition) is 1. The van der Waals surface area contributed by atoms with Crippen molar-refractivity contribution in [3.63, 3.8) is 0 Å². The van der Waals surface area contributed by atoms with Crippen LogP contribution in [0.3, 0.4) is 0 Å². The van der Waals surface area contributed by atoms with E-state index in [1.807, 2.05) is 0 Å². The first kappa shape index (κ1) is 14.6. The maximum absolute atomic E-state index is 10.3. The van der Waals surface area contributed by atoms with Crippen molar-refractivity contribution in [3.05, 3.63) is 35.4 Å². The molecule has 2 rings (SSSR count). The molecule has 0 aromatic heterocycles. The maximum atomic E-state index is 10.3. The molecule has 0 bridgehead atoms. The lowest BCUT2D eigenvalue weighted by molar-refractivity contribution is 0.101.